The minimum absolute atomic E-state index is 0.112. The lowest BCUT2D eigenvalue weighted by atomic mass is 9.71. The van der Waals surface area contributed by atoms with Gasteiger partial charge in [0.25, 0.3) is 11.8 Å². The number of carbonyl (C=O) groups is 3. The molecule has 0 spiro atoms. The lowest BCUT2D eigenvalue weighted by Crippen LogP contribution is -2.68. The average molecular weight is 603 g/mol. The first-order chi connectivity index (χ1) is 19.2. The number of piperidine rings is 2. The first-order valence-corrected chi connectivity index (χ1v) is 14.9. The van der Waals surface area contributed by atoms with Crippen LogP contribution in [0.4, 0.5) is 22.0 Å². The second-order valence-electron chi connectivity index (χ2n) is 10.8. The van der Waals surface area contributed by atoms with Crippen molar-refractivity contribution in [3.05, 3.63) is 46.8 Å². The van der Waals surface area contributed by atoms with Crippen molar-refractivity contribution < 1.29 is 44.8 Å². The van der Waals surface area contributed by atoms with Gasteiger partial charge < -0.3 is 20.5 Å². The van der Waals surface area contributed by atoms with Crippen LogP contribution in [0.1, 0.15) is 42.6 Å². The molecule has 5 atom stereocenters. The molecule has 6 rings (SSSR count). The summed E-state index contributed by atoms with van der Waals surface area (Å²) < 4.78 is 96.6. The molecule has 15 heteroatoms. The highest BCUT2D eigenvalue weighted by molar-refractivity contribution is 7.94. The van der Waals surface area contributed by atoms with Crippen LogP contribution in [0.25, 0.3) is 10.9 Å². The number of rotatable bonds is 7. The number of sulfone groups is 1. The van der Waals surface area contributed by atoms with Gasteiger partial charge >= 0.3 is 0 Å². The second kappa shape index (κ2) is 10.4. The Labute approximate surface area is 231 Å². The number of benzene rings is 1. The zero-order chi connectivity index (χ0) is 29.9. The highest BCUT2D eigenvalue weighted by atomic mass is 32.2. The van der Waals surface area contributed by atoms with Crippen LogP contribution < -0.4 is 10.6 Å². The maximum Gasteiger partial charge on any atom is 0.271 e. The predicted molar refractivity (Wildman–Crippen MR) is 136 cm³/mol. The van der Waals surface area contributed by atoms with Crippen LogP contribution >= 0.6 is 0 Å². The maximum atomic E-state index is 15.1. The summed E-state index contributed by atoms with van der Waals surface area (Å²) in [5, 5.41) is 3.14. The first kappa shape index (κ1) is 29.0. The highest BCUT2D eigenvalue weighted by Crippen LogP contribution is 2.49. The van der Waals surface area contributed by atoms with E-state index in [4.69, 9.17) is 0 Å². The van der Waals surface area contributed by atoms with Crippen LogP contribution in [0.15, 0.2) is 29.4 Å². The third-order valence-corrected chi connectivity index (χ3v) is 8.92. The van der Waals surface area contributed by atoms with Crippen LogP contribution in [0.3, 0.4) is 0 Å². The molecule has 1 aromatic carbocycles. The van der Waals surface area contributed by atoms with Crippen molar-refractivity contribution in [3.8, 4) is 0 Å². The van der Waals surface area contributed by atoms with Crippen molar-refractivity contribution in [1.29, 1.82) is 0 Å². The summed E-state index contributed by atoms with van der Waals surface area (Å²) in [6.07, 6.45) is 0.618. The summed E-state index contributed by atoms with van der Waals surface area (Å²) in [6.45, 7) is 0.314. The molecule has 4 heterocycles. The quantitative estimate of drug-likeness (QED) is 0.420. The number of hydrogen-bond acceptors (Lipinski definition) is 5. The summed E-state index contributed by atoms with van der Waals surface area (Å²) in [7, 11) is -4.32. The minimum atomic E-state index is -4.32. The lowest BCUT2D eigenvalue weighted by Gasteiger charge is -2.53. The van der Waals surface area contributed by atoms with Gasteiger partial charge in [-0.25, -0.2) is 26.0 Å². The van der Waals surface area contributed by atoms with Crippen molar-refractivity contribution in [3.63, 3.8) is 0 Å². The topological polar surface area (TPSA) is 128 Å². The number of aromatic amines is 1. The molecule has 0 radical (unpaired) electrons. The molecule has 2 bridgehead atoms. The molecule has 41 heavy (non-hydrogen) atoms. The normalized spacial score (nSPS) is 26.7. The molecule has 2 aromatic rings. The Bertz CT molecular complexity index is 1520. The van der Waals surface area contributed by atoms with Crippen molar-refractivity contribution in [1.82, 2.24) is 20.5 Å². The number of aromatic nitrogens is 1. The van der Waals surface area contributed by atoms with Crippen LogP contribution in [-0.4, -0.2) is 72.9 Å². The van der Waals surface area contributed by atoms with Crippen molar-refractivity contribution in [2.24, 2.45) is 11.8 Å². The van der Waals surface area contributed by atoms with Crippen molar-refractivity contribution in [2.75, 3.05) is 12.8 Å². The van der Waals surface area contributed by atoms with E-state index in [1.807, 2.05) is 0 Å². The highest BCUT2D eigenvalue weighted by Gasteiger charge is 2.60. The monoisotopic (exact) mass is 602 g/mol. The summed E-state index contributed by atoms with van der Waals surface area (Å²) in [6, 6.07) is -1.48. The number of hydrogen-bond donors (Lipinski definition) is 3. The van der Waals surface area contributed by atoms with Gasteiger partial charge in [-0.1, -0.05) is 0 Å². The van der Waals surface area contributed by atoms with E-state index in [2.05, 4.69) is 15.6 Å². The van der Waals surface area contributed by atoms with Gasteiger partial charge in [0, 0.05) is 36.6 Å². The summed E-state index contributed by atoms with van der Waals surface area (Å²) >= 11 is 0. The molecule has 4 fully saturated rings. The fourth-order valence-corrected chi connectivity index (χ4v) is 6.51. The largest absolute Gasteiger partial charge is 0.356 e. The molecule has 9 nitrogen and oxygen atoms in total. The molecule has 3 aliphatic heterocycles. The third-order valence-electron chi connectivity index (χ3n) is 8.07. The summed E-state index contributed by atoms with van der Waals surface area (Å²) in [5.74, 6) is -9.77. The molecule has 1 saturated carbocycles. The Kier molecular flexibility index (Phi) is 7.37. The number of fused-ring (bicyclic) bond motifs is 4. The van der Waals surface area contributed by atoms with E-state index < -0.39 is 86.7 Å². The maximum absolute atomic E-state index is 15.1. The Morgan fingerprint density at radius 3 is 2.51 bits per heavy atom. The summed E-state index contributed by atoms with van der Waals surface area (Å²) in [4.78, 5) is 42.8. The van der Waals surface area contributed by atoms with Crippen LogP contribution in [-0.2, 0) is 19.4 Å². The van der Waals surface area contributed by atoms with Gasteiger partial charge in [-0.2, -0.15) is 4.39 Å². The van der Waals surface area contributed by atoms with E-state index in [-0.39, 0.29) is 35.9 Å². The van der Waals surface area contributed by atoms with Gasteiger partial charge in [-0.05, 0) is 50.0 Å². The molecule has 1 aliphatic carbocycles. The van der Waals surface area contributed by atoms with Crippen molar-refractivity contribution >= 4 is 38.5 Å². The first-order valence-electron chi connectivity index (χ1n) is 13.0. The van der Waals surface area contributed by atoms with Gasteiger partial charge in [-0.3, -0.25) is 14.4 Å². The van der Waals surface area contributed by atoms with E-state index in [0.717, 1.165) is 23.1 Å². The molecular formula is C26H27F5N4O5S. The van der Waals surface area contributed by atoms with Gasteiger partial charge in [0.1, 0.15) is 23.4 Å². The van der Waals surface area contributed by atoms with Gasteiger partial charge in [0.2, 0.25) is 26.8 Å². The lowest BCUT2D eigenvalue weighted by molar-refractivity contribution is -0.179. The Hall–Kier alpha value is -3.49. The number of carbonyl (C=O) groups excluding carboxylic acids is 3. The fraction of sp³-hybridized carbons (Fsp3) is 0.500. The van der Waals surface area contributed by atoms with Gasteiger partial charge in [0.05, 0.1) is 17.5 Å². The van der Waals surface area contributed by atoms with Gasteiger partial charge in [-0.15, -0.1) is 0 Å². The number of H-pyrrole nitrogens is 1. The number of nitrogens with one attached hydrogen (secondary N) is 3. The molecular weight excluding hydrogens is 575 g/mol. The number of amides is 3. The third kappa shape index (κ3) is 5.43. The number of halogens is 5. The smallest absolute Gasteiger partial charge is 0.271 e. The van der Waals surface area contributed by atoms with Crippen LogP contribution in [0, 0.1) is 23.5 Å². The average Bonchev–Trinajstić information content (AvgIpc) is 3.52. The number of alkyl halides is 2. The second-order valence-corrected chi connectivity index (χ2v) is 12.8. The molecule has 1 aromatic heterocycles. The van der Waals surface area contributed by atoms with E-state index in [0.29, 0.717) is 25.3 Å². The Morgan fingerprint density at radius 1 is 1.20 bits per heavy atom. The SMILES string of the molecule is CS(=O)(=O)/C(F)=C/[C@@H](C[C@@H]1CCNC1=O)NC(=O)[C@H]1[C@@H]2CC[C@@H](CC2(F)F)N1C(=O)c1cc2c(F)ccc(F)c2[nH]1. The zero-order valence-electron chi connectivity index (χ0n) is 21.7. The van der Waals surface area contributed by atoms with Crippen LogP contribution in [0.5, 0.6) is 0 Å². The Morgan fingerprint density at radius 2 is 1.90 bits per heavy atom. The standard InChI is InChI=1S/C26H27F5N4O5S/c1-41(39,40)20(29)9-13(8-12-6-7-32-23(12)36)33-24(37)22-16-3-2-14(11-26(16,30)31)35(22)25(38)19-10-15-17(27)4-5-18(28)21(15)34-19/h4-5,9-10,12-14,16,22,34H,2-3,6-8,11H2,1H3,(H,32,36)(H,33,37)/b20-9+/t12-,13+,14-,16-,22+/m0/s1. The van der Waals surface area contributed by atoms with Crippen molar-refractivity contribution in [2.45, 2.75) is 56.2 Å². The Balaban J connectivity index is 1.49. The van der Waals surface area contributed by atoms with E-state index in [9.17, 15) is 36.0 Å². The minimum Gasteiger partial charge on any atom is -0.356 e. The van der Waals surface area contributed by atoms with Gasteiger partial charge in [0.15, 0.2) is 0 Å². The molecule has 3 N–H and O–H groups in total. The molecule has 0 unspecified atom stereocenters. The molecule has 3 amide bonds. The molecule has 3 saturated heterocycles. The molecule has 4 aliphatic rings. The number of nitrogens with zero attached hydrogens (tertiary/aromatic N) is 1. The fourth-order valence-electron chi connectivity index (χ4n) is 6.10. The zero-order valence-corrected chi connectivity index (χ0v) is 22.5. The van der Waals surface area contributed by atoms with E-state index in [1.54, 1.807) is 0 Å². The van der Waals surface area contributed by atoms with E-state index in [1.165, 1.54) is 0 Å². The van der Waals surface area contributed by atoms with Crippen LogP contribution in [0.2, 0.25) is 0 Å². The summed E-state index contributed by atoms with van der Waals surface area (Å²) in [5.41, 5.74) is -0.627. The molecule has 222 valence electrons. The predicted octanol–water partition coefficient (Wildman–Crippen LogP) is 2.94. The van der Waals surface area contributed by atoms with E-state index >= 15 is 8.78 Å².